The second-order valence-corrected chi connectivity index (χ2v) is 10.4. The average molecular weight is 514 g/mol. The van der Waals surface area contributed by atoms with Gasteiger partial charge in [0.1, 0.15) is 12.6 Å². The zero-order valence-electron chi connectivity index (χ0n) is 19.8. The van der Waals surface area contributed by atoms with Gasteiger partial charge in [-0.2, -0.15) is 0 Å². The van der Waals surface area contributed by atoms with E-state index in [1.807, 2.05) is 31.2 Å². The molecule has 184 valence electrons. The fourth-order valence-corrected chi connectivity index (χ4v) is 5.17. The topological polar surface area (TPSA) is 86.8 Å². The van der Waals surface area contributed by atoms with Crippen LogP contribution in [0.25, 0.3) is 0 Å². The zero-order valence-corrected chi connectivity index (χ0v) is 21.4. The Labute approximate surface area is 211 Å². The van der Waals surface area contributed by atoms with Crippen LogP contribution >= 0.6 is 11.6 Å². The maximum atomic E-state index is 13.6. The number of sulfonamides is 1. The van der Waals surface area contributed by atoms with E-state index >= 15 is 0 Å². The molecule has 0 aliphatic rings. The number of carbonyl (C=O) groups excluding carboxylic acids is 2. The molecule has 0 aliphatic heterocycles. The molecule has 3 aromatic rings. The second-order valence-electron chi connectivity index (χ2n) is 8.10. The molecule has 2 amide bonds. The van der Waals surface area contributed by atoms with Crippen molar-refractivity contribution >= 4 is 39.1 Å². The molecule has 0 saturated heterocycles. The number of benzene rings is 3. The summed E-state index contributed by atoms with van der Waals surface area (Å²) in [5.41, 5.74) is 2.13. The molecule has 1 unspecified atom stereocenters. The second kappa shape index (κ2) is 11.4. The summed E-state index contributed by atoms with van der Waals surface area (Å²) in [4.78, 5) is 27.5. The van der Waals surface area contributed by atoms with Crippen LogP contribution in [0.1, 0.15) is 18.1 Å². The van der Waals surface area contributed by atoms with Gasteiger partial charge in [-0.3, -0.25) is 13.9 Å². The highest BCUT2D eigenvalue weighted by Crippen LogP contribution is 2.26. The summed E-state index contributed by atoms with van der Waals surface area (Å²) in [5, 5.41) is 2.89. The van der Waals surface area contributed by atoms with Crippen LogP contribution in [0.5, 0.6) is 0 Å². The molecule has 9 heteroatoms. The van der Waals surface area contributed by atoms with Gasteiger partial charge in [0.15, 0.2) is 0 Å². The molecule has 1 atom stereocenters. The maximum Gasteiger partial charge on any atom is 0.264 e. The van der Waals surface area contributed by atoms with Crippen molar-refractivity contribution < 1.29 is 18.0 Å². The van der Waals surface area contributed by atoms with Gasteiger partial charge in [0.25, 0.3) is 10.0 Å². The average Bonchev–Trinajstić information content (AvgIpc) is 2.86. The highest BCUT2D eigenvalue weighted by molar-refractivity contribution is 7.92. The van der Waals surface area contributed by atoms with Crippen molar-refractivity contribution in [2.24, 2.45) is 0 Å². The minimum absolute atomic E-state index is 0.0391. The summed E-state index contributed by atoms with van der Waals surface area (Å²) in [6.45, 7) is 3.20. The Kier molecular flexibility index (Phi) is 8.53. The minimum atomic E-state index is -4.10. The Balaban J connectivity index is 2.01. The number of nitrogens with zero attached hydrogens (tertiary/aromatic N) is 2. The van der Waals surface area contributed by atoms with Crippen molar-refractivity contribution in [2.75, 3.05) is 17.9 Å². The molecule has 0 bridgehead atoms. The van der Waals surface area contributed by atoms with Gasteiger partial charge in [-0.1, -0.05) is 65.7 Å². The van der Waals surface area contributed by atoms with Crippen LogP contribution in [-0.4, -0.2) is 44.8 Å². The van der Waals surface area contributed by atoms with E-state index in [1.165, 1.54) is 30.1 Å². The molecule has 0 aromatic heterocycles. The molecular formula is C26H28ClN3O4S. The van der Waals surface area contributed by atoms with E-state index in [0.717, 1.165) is 15.4 Å². The van der Waals surface area contributed by atoms with Gasteiger partial charge < -0.3 is 10.2 Å². The molecule has 0 heterocycles. The first-order valence-corrected chi connectivity index (χ1v) is 12.8. The maximum absolute atomic E-state index is 13.6. The summed E-state index contributed by atoms with van der Waals surface area (Å²) in [5.74, 6) is -0.883. The van der Waals surface area contributed by atoms with Gasteiger partial charge in [-0.25, -0.2) is 8.42 Å². The third-order valence-corrected chi connectivity index (χ3v) is 7.62. The van der Waals surface area contributed by atoms with Crippen molar-refractivity contribution in [1.29, 1.82) is 0 Å². The Morgan fingerprint density at radius 2 is 1.63 bits per heavy atom. The number of carbonyl (C=O) groups is 2. The zero-order chi connectivity index (χ0) is 25.6. The lowest BCUT2D eigenvalue weighted by atomic mass is 10.1. The third kappa shape index (κ3) is 6.41. The van der Waals surface area contributed by atoms with Crippen LogP contribution in [-0.2, 0) is 26.2 Å². The quantitative estimate of drug-likeness (QED) is 0.468. The van der Waals surface area contributed by atoms with E-state index in [1.54, 1.807) is 43.3 Å². The fraction of sp³-hybridized carbons (Fsp3) is 0.231. The predicted octanol–water partition coefficient (Wildman–Crippen LogP) is 4.01. The highest BCUT2D eigenvalue weighted by atomic mass is 35.5. The lowest BCUT2D eigenvalue weighted by Gasteiger charge is -2.31. The Morgan fingerprint density at radius 1 is 0.971 bits per heavy atom. The third-order valence-electron chi connectivity index (χ3n) is 5.59. The van der Waals surface area contributed by atoms with Crippen LogP contribution in [0.3, 0.4) is 0 Å². The largest absolute Gasteiger partial charge is 0.357 e. The molecule has 0 spiro atoms. The molecule has 1 N–H and O–H groups in total. The van der Waals surface area contributed by atoms with Crippen molar-refractivity contribution in [1.82, 2.24) is 10.2 Å². The van der Waals surface area contributed by atoms with Gasteiger partial charge in [-0.15, -0.1) is 0 Å². The molecular weight excluding hydrogens is 486 g/mol. The van der Waals surface area contributed by atoms with E-state index < -0.39 is 28.5 Å². The Bertz CT molecular complexity index is 1280. The summed E-state index contributed by atoms with van der Waals surface area (Å²) >= 11 is 6.15. The first kappa shape index (κ1) is 26.2. The van der Waals surface area contributed by atoms with Gasteiger partial charge in [0.2, 0.25) is 11.8 Å². The van der Waals surface area contributed by atoms with Gasteiger partial charge in [-0.05, 0) is 49.7 Å². The molecule has 0 aliphatic carbocycles. The SMILES string of the molecule is CNC(=O)C(C)N(Cc1ccc(C)cc1)C(=O)CN(c1cccc(Cl)c1)S(=O)(=O)c1ccccc1. The van der Waals surface area contributed by atoms with Crippen LogP contribution in [0.4, 0.5) is 5.69 Å². The van der Waals surface area contributed by atoms with Gasteiger partial charge in [0.05, 0.1) is 10.6 Å². The number of anilines is 1. The minimum Gasteiger partial charge on any atom is -0.357 e. The number of nitrogens with one attached hydrogen (secondary N) is 1. The number of halogens is 1. The fourth-order valence-electron chi connectivity index (χ4n) is 3.56. The number of hydrogen-bond acceptors (Lipinski definition) is 4. The molecule has 0 fully saturated rings. The van der Waals surface area contributed by atoms with E-state index in [0.29, 0.717) is 5.02 Å². The summed E-state index contributed by atoms with van der Waals surface area (Å²) in [6.07, 6.45) is 0. The summed E-state index contributed by atoms with van der Waals surface area (Å²) in [6, 6.07) is 20.9. The molecule has 7 nitrogen and oxygen atoms in total. The van der Waals surface area contributed by atoms with Crippen LogP contribution in [0, 0.1) is 6.92 Å². The molecule has 0 saturated carbocycles. The Hall–Kier alpha value is -3.36. The number of likely N-dealkylation sites (N-methyl/N-ethyl adjacent to an activating group) is 1. The van der Waals surface area contributed by atoms with E-state index in [9.17, 15) is 18.0 Å². The standard InChI is InChI=1S/C26H28ClN3O4S/c1-19-12-14-21(15-13-19)17-29(20(2)26(32)28-3)25(31)18-30(23-9-7-8-22(27)16-23)35(33,34)24-10-5-4-6-11-24/h4-16,20H,17-18H2,1-3H3,(H,28,32). The van der Waals surface area contributed by atoms with Gasteiger partial charge in [0, 0.05) is 18.6 Å². The first-order chi connectivity index (χ1) is 16.6. The van der Waals surface area contributed by atoms with Crippen LogP contribution in [0.2, 0.25) is 5.02 Å². The van der Waals surface area contributed by atoms with Crippen molar-refractivity contribution in [3.05, 3.63) is 95.0 Å². The van der Waals surface area contributed by atoms with Crippen molar-refractivity contribution in [2.45, 2.75) is 31.3 Å². The number of amides is 2. The van der Waals surface area contributed by atoms with E-state index in [4.69, 9.17) is 11.6 Å². The van der Waals surface area contributed by atoms with Crippen LogP contribution in [0.15, 0.2) is 83.8 Å². The van der Waals surface area contributed by atoms with Gasteiger partial charge >= 0.3 is 0 Å². The van der Waals surface area contributed by atoms with Crippen molar-refractivity contribution in [3.63, 3.8) is 0 Å². The molecule has 35 heavy (non-hydrogen) atoms. The number of aryl methyl sites for hydroxylation is 1. The normalized spacial score (nSPS) is 12.0. The summed E-state index contributed by atoms with van der Waals surface area (Å²) in [7, 11) is -2.61. The van der Waals surface area contributed by atoms with E-state index in [-0.39, 0.29) is 23.0 Å². The molecule has 3 rings (SSSR count). The monoisotopic (exact) mass is 513 g/mol. The first-order valence-electron chi connectivity index (χ1n) is 11.0. The summed E-state index contributed by atoms with van der Waals surface area (Å²) < 4.78 is 28.2. The molecule has 0 radical (unpaired) electrons. The van der Waals surface area contributed by atoms with Crippen LogP contribution < -0.4 is 9.62 Å². The Morgan fingerprint density at radius 3 is 2.23 bits per heavy atom. The van der Waals surface area contributed by atoms with E-state index in [2.05, 4.69) is 5.32 Å². The lowest BCUT2D eigenvalue weighted by Crippen LogP contribution is -2.50. The highest BCUT2D eigenvalue weighted by Gasteiger charge is 2.32. The number of rotatable bonds is 9. The molecule has 3 aromatic carbocycles. The van der Waals surface area contributed by atoms with Crippen molar-refractivity contribution in [3.8, 4) is 0 Å². The predicted molar refractivity (Wildman–Crippen MR) is 138 cm³/mol. The number of hydrogen-bond donors (Lipinski definition) is 1. The lowest BCUT2D eigenvalue weighted by molar-refractivity contribution is -0.139. The smallest absolute Gasteiger partial charge is 0.264 e.